The fourth-order valence-corrected chi connectivity index (χ4v) is 3.85. The monoisotopic (exact) mass is 394 g/mol. The molecule has 1 N–H and O–H groups in total. The van der Waals surface area contributed by atoms with Gasteiger partial charge in [0, 0.05) is 15.9 Å². The van der Waals surface area contributed by atoms with Crippen molar-refractivity contribution in [2.75, 3.05) is 4.72 Å². The van der Waals surface area contributed by atoms with Gasteiger partial charge in [-0.05, 0) is 38.1 Å². The van der Waals surface area contributed by atoms with Crippen molar-refractivity contribution in [1.82, 2.24) is 14.8 Å². The topological polar surface area (TPSA) is 76.9 Å². The second kappa shape index (κ2) is 5.93. The standard InChI is InChI=1S/C15H15BrN4O2S/c1-10(2)20-15-11(8-18-20)6-13(9-17-15)19-23(21,22)14-5-3-4-12(16)7-14/h3-10,19H,1-2H3. The number of nitrogens with one attached hydrogen (secondary N) is 1. The number of nitrogens with zero attached hydrogens (tertiary/aromatic N) is 3. The summed E-state index contributed by atoms with van der Waals surface area (Å²) in [6, 6.07) is 8.44. The lowest BCUT2D eigenvalue weighted by Crippen LogP contribution is -2.13. The smallest absolute Gasteiger partial charge is 0.261 e. The van der Waals surface area contributed by atoms with E-state index in [1.807, 2.05) is 13.8 Å². The van der Waals surface area contributed by atoms with Crippen LogP contribution in [-0.4, -0.2) is 23.2 Å². The van der Waals surface area contributed by atoms with Gasteiger partial charge in [-0.3, -0.25) is 4.72 Å². The largest absolute Gasteiger partial charge is 0.278 e. The molecular weight excluding hydrogens is 380 g/mol. The molecular formula is C15H15BrN4O2S. The van der Waals surface area contributed by atoms with Crippen molar-refractivity contribution in [1.29, 1.82) is 0 Å². The van der Waals surface area contributed by atoms with Gasteiger partial charge in [0.1, 0.15) is 0 Å². The van der Waals surface area contributed by atoms with E-state index < -0.39 is 10.0 Å². The Labute approximate surface area is 142 Å². The maximum absolute atomic E-state index is 12.4. The van der Waals surface area contributed by atoms with E-state index in [2.05, 4.69) is 30.7 Å². The van der Waals surface area contributed by atoms with Crippen LogP contribution < -0.4 is 4.72 Å². The molecule has 0 aliphatic heterocycles. The molecule has 0 unspecified atom stereocenters. The van der Waals surface area contributed by atoms with Crippen LogP contribution in [0.4, 0.5) is 5.69 Å². The van der Waals surface area contributed by atoms with E-state index in [0.717, 1.165) is 11.0 Å². The third kappa shape index (κ3) is 3.23. The summed E-state index contributed by atoms with van der Waals surface area (Å²) in [7, 11) is -3.66. The number of benzene rings is 1. The molecule has 6 nitrogen and oxygen atoms in total. The number of hydrogen-bond donors (Lipinski definition) is 1. The molecule has 8 heteroatoms. The maximum atomic E-state index is 12.4. The molecule has 120 valence electrons. The van der Waals surface area contributed by atoms with Crippen molar-refractivity contribution in [3.05, 3.63) is 47.2 Å². The minimum Gasteiger partial charge on any atom is -0.278 e. The second-order valence-electron chi connectivity index (χ2n) is 5.38. The molecule has 1 aromatic carbocycles. The molecule has 23 heavy (non-hydrogen) atoms. The van der Waals surface area contributed by atoms with Crippen molar-refractivity contribution in [2.24, 2.45) is 0 Å². The first-order valence-electron chi connectivity index (χ1n) is 6.98. The van der Waals surface area contributed by atoms with Gasteiger partial charge in [0.2, 0.25) is 0 Å². The lowest BCUT2D eigenvalue weighted by molar-refractivity contribution is 0.546. The van der Waals surface area contributed by atoms with Crippen molar-refractivity contribution in [3.8, 4) is 0 Å². The van der Waals surface area contributed by atoms with Gasteiger partial charge in [0.15, 0.2) is 5.65 Å². The highest BCUT2D eigenvalue weighted by Gasteiger charge is 2.16. The zero-order valence-electron chi connectivity index (χ0n) is 12.6. The maximum Gasteiger partial charge on any atom is 0.261 e. The molecule has 3 aromatic rings. The zero-order chi connectivity index (χ0) is 16.6. The average molecular weight is 395 g/mol. The Kier molecular flexibility index (Phi) is 4.11. The summed E-state index contributed by atoms with van der Waals surface area (Å²) < 4.78 is 29.9. The fraction of sp³-hybridized carbons (Fsp3) is 0.200. The molecule has 0 saturated carbocycles. The Hall–Kier alpha value is -1.93. The van der Waals surface area contributed by atoms with Crippen LogP contribution in [0.5, 0.6) is 0 Å². The van der Waals surface area contributed by atoms with Crippen LogP contribution >= 0.6 is 15.9 Å². The summed E-state index contributed by atoms with van der Waals surface area (Å²) in [5.41, 5.74) is 1.13. The van der Waals surface area contributed by atoms with E-state index in [1.165, 1.54) is 12.3 Å². The number of rotatable bonds is 4. The molecule has 0 aliphatic carbocycles. The van der Waals surface area contributed by atoms with Crippen LogP contribution in [0.2, 0.25) is 0 Å². The predicted octanol–water partition coefficient (Wildman–Crippen LogP) is 3.58. The summed E-state index contributed by atoms with van der Waals surface area (Å²) in [6.45, 7) is 4.02. The molecule has 2 heterocycles. The highest BCUT2D eigenvalue weighted by Crippen LogP contribution is 2.22. The normalized spacial score (nSPS) is 12.0. The molecule has 0 amide bonds. The molecule has 3 rings (SSSR count). The third-order valence-electron chi connectivity index (χ3n) is 3.28. The number of aromatic nitrogens is 3. The molecule has 2 aromatic heterocycles. The first kappa shape index (κ1) is 15.9. The van der Waals surface area contributed by atoms with Crippen molar-refractivity contribution < 1.29 is 8.42 Å². The Morgan fingerprint density at radius 3 is 2.70 bits per heavy atom. The molecule has 0 radical (unpaired) electrons. The number of halogens is 1. The Morgan fingerprint density at radius 1 is 1.22 bits per heavy atom. The number of hydrogen-bond acceptors (Lipinski definition) is 4. The Morgan fingerprint density at radius 2 is 2.00 bits per heavy atom. The third-order valence-corrected chi connectivity index (χ3v) is 5.15. The minimum atomic E-state index is -3.66. The van der Waals surface area contributed by atoms with Crippen molar-refractivity contribution >= 4 is 42.7 Å². The van der Waals surface area contributed by atoms with E-state index in [9.17, 15) is 8.42 Å². The van der Waals surface area contributed by atoms with Gasteiger partial charge < -0.3 is 0 Å². The van der Waals surface area contributed by atoms with Gasteiger partial charge in [-0.25, -0.2) is 18.1 Å². The predicted molar refractivity (Wildman–Crippen MR) is 92.9 cm³/mol. The van der Waals surface area contributed by atoms with Gasteiger partial charge in [0.05, 0.1) is 23.0 Å². The van der Waals surface area contributed by atoms with Gasteiger partial charge in [-0.15, -0.1) is 0 Å². The minimum absolute atomic E-state index is 0.184. The zero-order valence-corrected chi connectivity index (χ0v) is 15.0. The van der Waals surface area contributed by atoms with E-state index in [1.54, 1.807) is 35.1 Å². The number of sulfonamides is 1. The summed E-state index contributed by atoms with van der Waals surface area (Å²) >= 11 is 3.27. The molecule has 0 atom stereocenters. The second-order valence-corrected chi connectivity index (χ2v) is 7.98. The van der Waals surface area contributed by atoms with Crippen LogP contribution in [0.3, 0.4) is 0 Å². The Balaban J connectivity index is 1.95. The first-order chi connectivity index (χ1) is 10.9. The molecule has 0 bridgehead atoms. The number of anilines is 1. The van der Waals surface area contributed by atoms with Crippen LogP contribution in [-0.2, 0) is 10.0 Å². The van der Waals surface area contributed by atoms with Gasteiger partial charge in [0.25, 0.3) is 10.0 Å². The van der Waals surface area contributed by atoms with Crippen LogP contribution in [0.15, 0.2) is 52.1 Å². The van der Waals surface area contributed by atoms with E-state index in [4.69, 9.17) is 0 Å². The summed E-state index contributed by atoms with van der Waals surface area (Å²) in [4.78, 5) is 4.51. The number of pyridine rings is 1. The van der Waals surface area contributed by atoms with Crippen LogP contribution in [0, 0.1) is 0 Å². The quantitative estimate of drug-likeness (QED) is 0.733. The molecule has 0 spiro atoms. The van der Waals surface area contributed by atoms with Gasteiger partial charge in [-0.1, -0.05) is 22.0 Å². The lowest BCUT2D eigenvalue weighted by atomic mass is 10.3. The lowest BCUT2D eigenvalue weighted by Gasteiger charge is -2.09. The SMILES string of the molecule is CC(C)n1ncc2cc(NS(=O)(=O)c3cccc(Br)c3)cnc21. The van der Waals surface area contributed by atoms with E-state index in [-0.39, 0.29) is 10.9 Å². The summed E-state index contributed by atoms with van der Waals surface area (Å²) in [6.07, 6.45) is 3.18. The molecule has 0 fully saturated rings. The average Bonchev–Trinajstić information content (AvgIpc) is 2.90. The van der Waals surface area contributed by atoms with E-state index >= 15 is 0 Å². The van der Waals surface area contributed by atoms with E-state index in [0.29, 0.717) is 10.2 Å². The fourth-order valence-electron chi connectivity index (χ4n) is 2.22. The Bertz CT molecular complexity index is 967. The van der Waals surface area contributed by atoms with Crippen molar-refractivity contribution in [3.63, 3.8) is 0 Å². The van der Waals surface area contributed by atoms with Crippen LogP contribution in [0.1, 0.15) is 19.9 Å². The van der Waals surface area contributed by atoms with Gasteiger partial charge in [-0.2, -0.15) is 5.10 Å². The molecule has 0 saturated heterocycles. The first-order valence-corrected chi connectivity index (χ1v) is 9.26. The highest BCUT2D eigenvalue weighted by molar-refractivity contribution is 9.10. The van der Waals surface area contributed by atoms with Gasteiger partial charge >= 0.3 is 0 Å². The summed E-state index contributed by atoms with van der Waals surface area (Å²) in [5.74, 6) is 0. The highest BCUT2D eigenvalue weighted by atomic mass is 79.9. The summed E-state index contributed by atoms with van der Waals surface area (Å²) in [5, 5.41) is 5.06. The van der Waals surface area contributed by atoms with Crippen molar-refractivity contribution in [2.45, 2.75) is 24.8 Å². The number of fused-ring (bicyclic) bond motifs is 1. The van der Waals surface area contributed by atoms with Crippen LogP contribution in [0.25, 0.3) is 11.0 Å². The molecule has 0 aliphatic rings.